The van der Waals surface area contributed by atoms with Crippen molar-refractivity contribution in [2.24, 2.45) is 0 Å². The van der Waals surface area contributed by atoms with Crippen molar-refractivity contribution in [1.29, 1.82) is 0 Å². The highest BCUT2D eigenvalue weighted by molar-refractivity contribution is 7.90. The molecule has 7 nitrogen and oxygen atoms in total. The Kier molecular flexibility index (Phi) is 6.16. The van der Waals surface area contributed by atoms with Gasteiger partial charge in [0, 0.05) is 6.54 Å². The molecule has 1 heterocycles. The molecule has 2 aromatic rings. The van der Waals surface area contributed by atoms with Crippen molar-refractivity contribution in [3.63, 3.8) is 0 Å². The normalized spacial score (nSPS) is 12.4. The molecule has 0 fully saturated rings. The number of sulfonamides is 2. The SMILES string of the molecule is CCc1ccc(S(=O)(=O)NCCS(=O)(=O)NCc2ccco2)cc1. The van der Waals surface area contributed by atoms with E-state index < -0.39 is 20.0 Å². The highest BCUT2D eigenvalue weighted by Gasteiger charge is 2.16. The fraction of sp³-hybridized carbons (Fsp3) is 0.333. The summed E-state index contributed by atoms with van der Waals surface area (Å²) in [6.07, 6.45) is 2.26. The van der Waals surface area contributed by atoms with Crippen LogP contribution < -0.4 is 9.44 Å². The molecule has 0 saturated carbocycles. The van der Waals surface area contributed by atoms with Crippen LogP contribution >= 0.6 is 0 Å². The summed E-state index contributed by atoms with van der Waals surface area (Å²) >= 11 is 0. The zero-order chi connectivity index (χ0) is 17.6. The van der Waals surface area contributed by atoms with Gasteiger partial charge in [-0.25, -0.2) is 26.3 Å². The standard InChI is InChI=1S/C15H20N2O5S2/c1-2-13-5-7-15(8-6-13)24(20,21)16-9-11-23(18,19)17-12-14-4-3-10-22-14/h3-8,10,16-17H,2,9,11-12H2,1H3. The largest absolute Gasteiger partial charge is 0.468 e. The zero-order valence-electron chi connectivity index (χ0n) is 13.2. The number of benzene rings is 1. The zero-order valence-corrected chi connectivity index (χ0v) is 14.9. The summed E-state index contributed by atoms with van der Waals surface area (Å²) < 4.78 is 57.6. The average molecular weight is 372 g/mol. The van der Waals surface area contributed by atoms with E-state index in [-0.39, 0.29) is 23.7 Å². The summed E-state index contributed by atoms with van der Waals surface area (Å²) in [5, 5.41) is 0. The molecule has 0 spiro atoms. The number of rotatable bonds is 9. The Bertz CT molecular complexity index is 842. The molecule has 1 aromatic carbocycles. The van der Waals surface area contributed by atoms with Gasteiger partial charge in [0.05, 0.1) is 23.5 Å². The van der Waals surface area contributed by atoms with Crippen LogP contribution in [-0.2, 0) is 33.0 Å². The molecule has 2 N–H and O–H groups in total. The smallest absolute Gasteiger partial charge is 0.240 e. The second-order valence-electron chi connectivity index (χ2n) is 5.11. The molecule has 0 amide bonds. The Morgan fingerprint density at radius 1 is 1.00 bits per heavy atom. The quantitative estimate of drug-likeness (QED) is 0.689. The Morgan fingerprint density at radius 3 is 2.29 bits per heavy atom. The highest BCUT2D eigenvalue weighted by atomic mass is 32.2. The monoisotopic (exact) mass is 372 g/mol. The van der Waals surface area contributed by atoms with E-state index in [0.29, 0.717) is 5.76 Å². The first-order chi connectivity index (χ1) is 11.3. The molecule has 0 bridgehead atoms. The van der Waals surface area contributed by atoms with Crippen molar-refractivity contribution in [3.05, 3.63) is 54.0 Å². The number of nitrogens with one attached hydrogen (secondary N) is 2. The number of aryl methyl sites for hydroxylation is 1. The van der Waals surface area contributed by atoms with Gasteiger partial charge in [-0.05, 0) is 36.2 Å². The molecule has 0 saturated heterocycles. The average Bonchev–Trinajstić information content (AvgIpc) is 3.06. The minimum absolute atomic E-state index is 0.0283. The van der Waals surface area contributed by atoms with Crippen LogP contribution in [0.15, 0.2) is 52.0 Å². The highest BCUT2D eigenvalue weighted by Crippen LogP contribution is 2.10. The van der Waals surface area contributed by atoms with E-state index in [4.69, 9.17) is 4.42 Å². The van der Waals surface area contributed by atoms with Crippen molar-refractivity contribution in [2.75, 3.05) is 12.3 Å². The minimum Gasteiger partial charge on any atom is -0.468 e. The summed E-state index contributed by atoms with van der Waals surface area (Å²) in [6.45, 7) is 1.79. The predicted molar refractivity (Wildman–Crippen MR) is 90.3 cm³/mol. The Hall–Kier alpha value is -1.68. The molecule has 0 atom stereocenters. The lowest BCUT2D eigenvalue weighted by molar-refractivity contribution is 0.498. The van der Waals surface area contributed by atoms with E-state index in [2.05, 4.69) is 9.44 Å². The van der Waals surface area contributed by atoms with Crippen LogP contribution in [0.2, 0.25) is 0 Å². The van der Waals surface area contributed by atoms with Gasteiger partial charge in [0.1, 0.15) is 5.76 Å². The summed E-state index contributed by atoms with van der Waals surface area (Å²) in [6, 6.07) is 9.77. The Labute approximate surface area is 142 Å². The first kappa shape index (κ1) is 18.7. The summed E-state index contributed by atoms with van der Waals surface area (Å²) in [4.78, 5) is 0.112. The maximum Gasteiger partial charge on any atom is 0.240 e. The molecule has 0 aliphatic heterocycles. The molecular formula is C15H20N2O5S2. The maximum atomic E-state index is 12.1. The predicted octanol–water partition coefficient (Wildman–Crippen LogP) is 1.24. The van der Waals surface area contributed by atoms with Crippen molar-refractivity contribution in [1.82, 2.24) is 9.44 Å². The lowest BCUT2D eigenvalue weighted by Crippen LogP contribution is -2.34. The third-order valence-corrected chi connectivity index (χ3v) is 6.15. The number of hydrogen-bond acceptors (Lipinski definition) is 5. The lowest BCUT2D eigenvalue weighted by Gasteiger charge is -2.08. The van der Waals surface area contributed by atoms with Crippen molar-refractivity contribution in [3.8, 4) is 0 Å². The van der Waals surface area contributed by atoms with Crippen LogP contribution in [0, 0.1) is 0 Å². The number of furan rings is 1. The van der Waals surface area contributed by atoms with E-state index in [1.54, 1.807) is 24.3 Å². The van der Waals surface area contributed by atoms with Gasteiger partial charge in [-0.2, -0.15) is 0 Å². The Balaban J connectivity index is 1.87. The van der Waals surface area contributed by atoms with Gasteiger partial charge < -0.3 is 4.42 Å². The van der Waals surface area contributed by atoms with Gasteiger partial charge in [-0.3, -0.25) is 0 Å². The molecule has 1 aromatic heterocycles. The van der Waals surface area contributed by atoms with E-state index >= 15 is 0 Å². The molecule has 0 aliphatic carbocycles. The van der Waals surface area contributed by atoms with Gasteiger partial charge in [-0.1, -0.05) is 19.1 Å². The van der Waals surface area contributed by atoms with Crippen LogP contribution in [0.5, 0.6) is 0 Å². The Morgan fingerprint density at radius 2 is 1.71 bits per heavy atom. The van der Waals surface area contributed by atoms with Gasteiger partial charge in [-0.15, -0.1) is 0 Å². The van der Waals surface area contributed by atoms with Crippen LogP contribution in [0.25, 0.3) is 0 Å². The van der Waals surface area contributed by atoms with Crippen LogP contribution in [0.4, 0.5) is 0 Å². The van der Waals surface area contributed by atoms with Crippen LogP contribution in [0.1, 0.15) is 18.2 Å². The third kappa shape index (κ3) is 5.45. The molecular weight excluding hydrogens is 352 g/mol. The van der Waals surface area contributed by atoms with E-state index in [9.17, 15) is 16.8 Å². The van der Waals surface area contributed by atoms with E-state index in [0.717, 1.165) is 12.0 Å². The number of hydrogen-bond donors (Lipinski definition) is 2. The second kappa shape index (κ2) is 7.93. The lowest BCUT2D eigenvalue weighted by atomic mass is 10.2. The van der Waals surface area contributed by atoms with Gasteiger partial charge >= 0.3 is 0 Å². The molecule has 0 aliphatic rings. The first-order valence-electron chi connectivity index (χ1n) is 7.41. The fourth-order valence-corrected chi connectivity index (χ4v) is 4.00. The molecule has 0 unspecified atom stereocenters. The van der Waals surface area contributed by atoms with Crippen molar-refractivity contribution >= 4 is 20.0 Å². The summed E-state index contributed by atoms with van der Waals surface area (Å²) in [7, 11) is -7.34. The molecule has 9 heteroatoms. The van der Waals surface area contributed by atoms with E-state index in [1.165, 1.54) is 18.4 Å². The van der Waals surface area contributed by atoms with E-state index in [1.807, 2.05) is 6.92 Å². The summed E-state index contributed by atoms with van der Waals surface area (Å²) in [5.74, 6) is 0.121. The van der Waals surface area contributed by atoms with Crippen LogP contribution in [-0.4, -0.2) is 29.1 Å². The molecule has 2 rings (SSSR count). The minimum atomic E-state index is -3.73. The first-order valence-corrected chi connectivity index (χ1v) is 10.5. The van der Waals surface area contributed by atoms with Gasteiger partial charge in [0.25, 0.3) is 0 Å². The molecule has 132 valence electrons. The van der Waals surface area contributed by atoms with Crippen LogP contribution in [0.3, 0.4) is 0 Å². The maximum absolute atomic E-state index is 12.1. The van der Waals surface area contributed by atoms with Gasteiger partial charge in [0.2, 0.25) is 20.0 Å². The summed E-state index contributed by atoms with van der Waals surface area (Å²) in [5.41, 5.74) is 1.03. The van der Waals surface area contributed by atoms with Crippen molar-refractivity contribution < 1.29 is 21.3 Å². The van der Waals surface area contributed by atoms with Crippen molar-refractivity contribution in [2.45, 2.75) is 24.8 Å². The molecule has 0 radical (unpaired) electrons. The second-order valence-corrected chi connectivity index (χ2v) is 8.81. The molecule has 24 heavy (non-hydrogen) atoms. The van der Waals surface area contributed by atoms with Gasteiger partial charge in [0.15, 0.2) is 0 Å². The fourth-order valence-electron chi connectivity index (χ4n) is 1.96. The third-order valence-electron chi connectivity index (χ3n) is 3.35. The topological polar surface area (TPSA) is 105 Å².